The Kier molecular flexibility index (Phi) is 3.53. The second kappa shape index (κ2) is 5.10. The summed E-state index contributed by atoms with van der Waals surface area (Å²) in [5.74, 6) is -0.224. The molecule has 0 fully saturated rings. The number of nitrogens with two attached hydrogens (primary N) is 1. The van der Waals surface area contributed by atoms with Gasteiger partial charge in [0.15, 0.2) is 0 Å². The van der Waals surface area contributed by atoms with Gasteiger partial charge in [-0.05, 0) is 36.8 Å². The molecule has 0 aliphatic rings. The van der Waals surface area contributed by atoms with E-state index in [-0.39, 0.29) is 5.91 Å². The van der Waals surface area contributed by atoms with Crippen LogP contribution in [0, 0.1) is 6.92 Å². The first-order chi connectivity index (χ1) is 8.58. The second-order valence-corrected chi connectivity index (χ2v) is 4.44. The number of halogens is 1. The zero-order chi connectivity index (χ0) is 13.1. The van der Waals surface area contributed by atoms with Crippen molar-refractivity contribution in [2.24, 2.45) is 0 Å². The predicted octanol–water partition coefficient (Wildman–Crippen LogP) is 3.48. The summed E-state index contributed by atoms with van der Waals surface area (Å²) in [4.78, 5) is 12.0. The van der Waals surface area contributed by atoms with Crippen LogP contribution < -0.4 is 11.1 Å². The van der Waals surface area contributed by atoms with E-state index in [9.17, 15) is 4.79 Å². The number of para-hydroxylation sites is 1. The van der Waals surface area contributed by atoms with E-state index < -0.39 is 0 Å². The zero-order valence-electron chi connectivity index (χ0n) is 9.91. The Hall–Kier alpha value is -2.00. The minimum atomic E-state index is -0.224. The number of nitrogens with one attached hydrogen (secondary N) is 1. The van der Waals surface area contributed by atoms with Crippen LogP contribution in [0.4, 0.5) is 11.4 Å². The van der Waals surface area contributed by atoms with E-state index in [0.29, 0.717) is 22.0 Å². The Morgan fingerprint density at radius 2 is 1.94 bits per heavy atom. The normalized spacial score (nSPS) is 10.1. The standard InChI is InChI=1S/C14H13ClN2O/c1-9-4-2-7-12(16)13(9)17-14(18)10-5-3-6-11(15)8-10/h2-8H,16H2,1H3,(H,17,18). The maximum atomic E-state index is 12.0. The van der Waals surface area contributed by atoms with Gasteiger partial charge in [-0.15, -0.1) is 0 Å². The molecular weight excluding hydrogens is 248 g/mol. The molecule has 0 atom stereocenters. The molecule has 0 radical (unpaired) electrons. The van der Waals surface area contributed by atoms with Crippen molar-refractivity contribution >= 4 is 28.9 Å². The number of carbonyl (C=O) groups excluding carboxylic acids is 1. The lowest BCUT2D eigenvalue weighted by molar-refractivity contribution is 0.102. The number of carbonyl (C=O) groups is 1. The van der Waals surface area contributed by atoms with Gasteiger partial charge in [0.1, 0.15) is 0 Å². The van der Waals surface area contributed by atoms with Gasteiger partial charge in [0.05, 0.1) is 11.4 Å². The van der Waals surface area contributed by atoms with Crippen LogP contribution in [0.1, 0.15) is 15.9 Å². The number of amides is 1. The highest BCUT2D eigenvalue weighted by molar-refractivity contribution is 6.31. The maximum Gasteiger partial charge on any atom is 0.255 e. The quantitative estimate of drug-likeness (QED) is 0.812. The van der Waals surface area contributed by atoms with E-state index in [1.807, 2.05) is 19.1 Å². The van der Waals surface area contributed by atoms with Gasteiger partial charge in [0.2, 0.25) is 0 Å². The molecule has 0 saturated carbocycles. The highest BCUT2D eigenvalue weighted by atomic mass is 35.5. The van der Waals surface area contributed by atoms with Crippen LogP contribution in [-0.2, 0) is 0 Å². The number of aryl methyl sites for hydroxylation is 1. The molecule has 0 heterocycles. The number of benzene rings is 2. The first-order valence-electron chi connectivity index (χ1n) is 5.50. The lowest BCUT2D eigenvalue weighted by Gasteiger charge is -2.11. The summed E-state index contributed by atoms with van der Waals surface area (Å²) in [5, 5.41) is 3.33. The molecule has 18 heavy (non-hydrogen) atoms. The molecule has 0 spiro atoms. The minimum absolute atomic E-state index is 0.224. The van der Waals surface area contributed by atoms with Gasteiger partial charge in [0, 0.05) is 10.6 Å². The third-order valence-electron chi connectivity index (χ3n) is 2.63. The summed E-state index contributed by atoms with van der Waals surface area (Å²) in [6.07, 6.45) is 0. The van der Waals surface area contributed by atoms with Gasteiger partial charge >= 0.3 is 0 Å². The van der Waals surface area contributed by atoms with Crippen molar-refractivity contribution < 1.29 is 4.79 Å². The average molecular weight is 261 g/mol. The van der Waals surface area contributed by atoms with Crippen molar-refractivity contribution in [1.82, 2.24) is 0 Å². The van der Waals surface area contributed by atoms with Crippen LogP contribution in [0.5, 0.6) is 0 Å². The number of nitrogen functional groups attached to an aromatic ring is 1. The van der Waals surface area contributed by atoms with Crippen molar-refractivity contribution in [1.29, 1.82) is 0 Å². The van der Waals surface area contributed by atoms with Crippen molar-refractivity contribution in [3.8, 4) is 0 Å². The van der Waals surface area contributed by atoms with Crippen molar-refractivity contribution in [3.05, 3.63) is 58.6 Å². The fourth-order valence-corrected chi connectivity index (χ4v) is 1.87. The molecule has 1 amide bonds. The topological polar surface area (TPSA) is 55.1 Å². The van der Waals surface area contributed by atoms with Crippen LogP contribution in [0.2, 0.25) is 5.02 Å². The number of hydrogen-bond donors (Lipinski definition) is 2. The molecule has 2 aromatic rings. The Balaban J connectivity index is 2.27. The first-order valence-corrected chi connectivity index (χ1v) is 5.88. The van der Waals surface area contributed by atoms with E-state index in [1.54, 1.807) is 30.3 Å². The SMILES string of the molecule is Cc1cccc(N)c1NC(=O)c1cccc(Cl)c1. The number of rotatable bonds is 2. The molecule has 2 aromatic carbocycles. The van der Waals surface area contributed by atoms with Crippen LogP contribution in [-0.4, -0.2) is 5.91 Å². The van der Waals surface area contributed by atoms with Gasteiger partial charge < -0.3 is 11.1 Å². The molecule has 3 nitrogen and oxygen atoms in total. The molecular formula is C14H13ClN2O. The summed E-state index contributed by atoms with van der Waals surface area (Å²) < 4.78 is 0. The lowest BCUT2D eigenvalue weighted by Crippen LogP contribution is -2.14. The van der Waals surface area contributed by atoms with Gasteiger partial charge in [-0.2, -0.15) is 0 Å². The summed E-state index contributed by atoms with van der Waals surface area (Å²) in [7, 11) is 0. The molecule has 0 bridgehead atoms. The Labute approximate surface area is 111 Å². The van der Waals surface area contributed by atoms with Crippen LogP contribution >= 0.6 is 11.6 Å². The monoisotopic (exact) mass is 260 g/mol. The van der Waals surface area contributed by atoms with Crippen molar-refractivity contribution in [3.63, 3.8) is 0 Å². The fraction of sp³-hybridized carbons (Fsp3) is 0.0714. The molecule has 2 rings (SSSR count). The van der Waals surface area contributed by atoms with Crippen LogP contribution in [0.3, 0.4) is 0 Å². The fourth-order valence-electron chi connectivity index (χ4n) is 1.68. The molecule has 0 unspecified atom stereocenters. The lowest BCUT2D eigenvalue weighted by atomic mass is 10.1. The zero-order valence-corrected chi connectivity index (χ0v) is 10.7. The summed E-state index contributed by atoms with van der Waals surface area (Å²) >= 11 is 5.85. The van der Waals surface area contributed by atoms with E-state index in [0.717, 1.165) is 5.56 Å². The van der Waals surface area contributed by atoms with E-state index in [4.69, 9.17) is 17.3 Å². The number of hydrogen-bond acceptors (Lipinski definition) is 2. The third kappa shape index (κ3) is 2.63. The molecule has 4 heteroatoms. The Morgan fingerprint density at radius 1 is 1.22 bits per heavy atom. The molecule has 0 aliphatic heterocycles. The van der Waals surface area contributed by atoms with E-state index >= 15 is 0 Å². The van der Waals surface area contributed by atoms with Gasteiger partial charge in [0.25, 0.3) is 5.91 Å². The molecule has 0 aromatic heterocycles. The first kappa shape index (κ1) is 12.5. The van der Waals surface area contributed by atoms with Gasteiger partial charge in [-0.1, -0.05) is 29.8 Å². The van der Waals surface area contributed by atoms with Gasteiger partial charge in [-0.25, -0.2) is 0 Å². The summed E-state index contributed by atoms with van der Waals surface area (Å²) in [5.41, 5.74) is 8.45. The average Bonchev–Trinajstić information content (AvgIpc) is 2.34. The van der Waals surface area contributed by atoms with Crippen LogP contribution in [0.25, 0.3) is 0 Å². The maximum absolute atomic E-state index is 12.0. The predicted molar refractivity (Wildman–Crippen MR) is 75.0 cm³/mol. The third-order valence-corrected chi connectivity index (χ3v) is 2.87. The summed E-state index contributed by atoms with van der Waals surface area (Å²) in [6.45, 7) is 1.89. The van der Waals surface area contributed by atoms with E-state index in [1.165, 1.54) is 0 Å². The Bertz CT molecular complexity index is 576. The molecule has 3 N–H and O–H groups in total. The molecule has 92 valence electrons. The molecule has 0 saturated heterocycles. The van der Waals surface area contributed by atoms with Crippen molar-refractivity contribution in [2.45, 2.75) is 6.92 Å². The minimum Gasteiger partial charge on any atom is -0.397 e. The Morgan fingerprint density at radius 3 is 2.61 bits per heavy atom. The second-order valence-electron chi connectivity index (χ2n) is 4.00. The highest BCUT2D eigenvalue weighted by Gasteiger charge is 2.09. The smallest absolute Gasteiger partial charge is 0.255 e. The molecule has 0 aliphatic carbocycles. The van der Waals surface area contributed by atoms with E-state index in [2.05, 4.69) is 5.32 Å². The van der Waals surface area contributed by atoms with Crippen LogP contribution in [0.15, 0.2) is 42.5 Å². The summed E-state index contributed by atoms with van der Waals surface area (Å²) in [6, 6.07) is 12.3. The highest BCUT2D eigenvalue weighted by Crippen LogP contribution is 2.23. The largest absolute Gasteiger partial charge is 0.397 e. The van der Waals surface area contributed by atoms with Crippen molar-refractivity contribution in [2.75, 3.05) is 11.1 Å². The number of anilines is 2. The van der Waals surface area contributed by atoms with Gasteiger partial charge in [-0.3, -0.25) is 4.79 Å².